The van der Waals surface area contributed by atoms with Crippen LogP contribution < -0.4 is 5.32 Å². The highest BCUT2D eigenvalue weighted by molar-refractivity contribution is 8.18. The summed E-state index contributed by atoms with van der Waals surface area (Å²) >= 11 is 1.07. The Morgan fingerprint density at radius 3 is 2.32 bits per heavy atom. The van der Waals surface area contributed by atoms with Gasteiger partial charge in [0, 0.05) is 5.69 Å². The van der Waals surface area contributed by atoms with Gasteiger partial charge < -0.3 is 10.4 Å². The number of halogens is 3. The molecule has 0 aromatic heterocycles. The van der Waals surface area contributed by atoms with Crippen LogP contribution in [0.4, 0.5) is 18.9 Å². The van der Waals surface area contributed by atoms with Crippen molar-refractivity contribution in [3.63, 3.8) is 0 Å². The number of aliphatic carboxylic acids is 1. The van der Waals surface area contributed by atoms with Gasteiger partial charge in [-0.05, 0) is 53.2 Å². The van der Waals surface area contributed by atoms with Crippen LogP contribution >= 0.6 is 11.8 Å². The van der Waals surface area contributed by atoms with Crippen molar-refractivity contribution in [3.8, 4) is 0 Å². The third-order valence-corrected chi connectivity index (χ3v) is 4.62. The Labute approximate surface area is 162 Å². The van der Waals surface area contributed by atoms with Gasteiger partial charge in [0.05, 0.1) is 16.9 Å². The highest BCUT2D eigenvalue weighted by Crippen LogP contribution is 2.32. The standard InChI is InChI=1S/C19H13F3N2O3S/c20-19(21,22)13-5-1-11(2-6-13)9-15-17(27)24-18(28-15)23-14-7-3-12(4-8-14)10-16(25)26/h1-9H,10H2,(H,25,26)(H,23,24,27)/b15-9-. The largest absolute Gasteiger partial charge is 0.481 e. The van der Waals surface area contributed by atoms with Gasteiger partial charge in [-0.25, -0.2) is 0 Å². The average Bonchev–Trinajstić information content (AvgIpc) is 2.95. The summed E-state index contributed by atoms with van der Waals surface area (Å²) in [6, 6.07) is 11.1. The van der Waals surface area contributed by atoms with E-state index in [0.717, 1.165) is 23.9 Å². The lowest BCUT2D eigenvalue weighted by Crippen LogP contribution is -2.05. The van der Waals surface area contributed by atoms with E-state index in [1.165, 1.54) is 18.2 Å². The molecule has 1 aliphatic heterocycles. The molecular weight excluding hydrogens is 393 g/mol. The minimum Gasteiger partial charge on any atom is -0.481 e. The molecule has 3 rings (SSSR count). The van der Waals surface area contributed by atoms with E-state index in [4.69, 9.17) is 5.11 Å². The summed E-state index contributed by atoms with van der Waals surface area (Å²) in [4.78, 5) is 26.9. The highest BCUT2D eigenvalue weighted by Gasteiger charge is 2.30. The first-order valence-corrected chi connectivity index (χ1v) is 8.80. The Bertz CT molecular complexity index is 965. The number of carboxylic acid groups (broad SMARTS) is 1. The summed E-state index contributed by atoms with van der Waals surface area (Å²) in [7, 11) is 0. The predicted octanol–water partition coefficient (Wildman–Crippen LogP) is 4.41. The molecule has 0 fully saturated rings. The van der Waals surface area contributed by atoms with E-state index >= 15 is 0 Å². The van der Waals surface area contributed by atoms with E-state index in [9.17, 15) is 22.8 Å². The van der Waals surface area contributed by atoms with Crippen molar-refractivity contribution in [1.82, 2.24) is 0 Å². The Morgan fingerprint density at radius 2 is 1.75 bits per heavy atom. The molecule has 0 spiro atoms. The molecule has 1 amide bonds. The van der Waals surface area contributed by atoms with E-state index < -0.39 is 23.6 Å². The zero-order valence-corrected chi connectivity index (χ0v) is 15.0. The topological polar surface area (TPSA) is 78.8 Å². The number of anilines is 1. The van der Waals surface area contributed by atoms with Crippen LogP contribution in [0, 0.1) is 0 Å². The first kappa shape index (κ1) is 19.7. The Morgan fingerprint density at radius 1 is 1.11 bits per heavy atom. The van der Waals surface area contributed by atoms with Gasteiger partial charge in [-0.1, -0.05) is 24.3 Å². The molecule has 1 heterocycles. The molecule has 9 heteroatoms. The van der Waals surface area contributed by atoms with Gasteiger partial charge >= 0.3 is 12.1 Å². The van der Waals surface area contributed by atoms with Crippen LogP contribution in [0.15, 0.2) is 58.4 Å². The summed E-state index contributed by atoms with van der Waals surface area (Å²) in [6.07, 6.45) is -3.03. The van der Waals surface area contributed by atoms with Gasteiger partial charge in [0.1, 0.15) is 0 Å². The Hall–Kier alpha value is -3.07. The number of amides is 1. The van der Waals surface area contributed by atoms with Crippen LogP contribution in [0.5, 0.6) is 0 Å². The zero-order valence-electron chi connectivity index (χ0n) is 14.2. The number of aliphatic imine (C=N–C) groups is 1. The third-order valence-electron chi connectivity index (χ3n) is 3.72. The normalized spacial score (nSPS) is 15.6. The van der Waals surface area contributed by atoms with Crippen molar-refractivity contribution in [1.29, 1.82) is 0 Å². The number of alkyl halides is 3. The van der Waals surface area contributed by atoms with Crippen LogP contribution in [-0.2, 0) is 22.2 Å². The van der Waals surface area contributed by atoms with Gasteiger partial charge in [-0.15, -0.1) is 0 Å². The zero-order chi connectivity index (χ0) is 20.3. The molecule has 2 aromatic carbocycles. The fourth-order valence-corrected chi connectivity index (χ4v) is 3.22. The molecule has 144 valence electrons. The van der Waals surface area contributed by atoms with E-state index in [1.807, 2.05) is 0 Å². The third kappa shape index (κ3) is 5.01. The van der Waals surface area contributed by atoms with E-state index in [2.05, 4.69) is 10.3 Å². The number of hydrogen-bond donors (Lipinski definition) is 2. The molecular formula is C19H13F3N2O3S. The molecule has 0 aliphatic carbocycles. The van der Waals surface area contributed by atoms with Gasteiger partial charge in [0.25, 0.3) is 5.91 Å². The first-order valence-electron chi connectivity index (χ1n) is 7.98. The summed E-state index contributed by atoms with van der Waals surface area (Å²) in [5.74, 6) is -1.42. The number of nitrogens with zero attached hydrogens (tertiary/aromatic N) is 1. The van der Waals surface area contributed by atoms with Crippen molar-refractivity contribution < 1.29 is 27.9 Å². The minimum atomic E-state index is -4.41. The number of carbonyl (C=O) groups is 2. The monoisotopic (exact) mass is 406 g/mol. The molecule has 2 aromatic rings. The van der Waals surface area contributed by atoms with Crippen molar-refractivity contribution in [3.05, 3.63) is 70.1 Å². The van der Waals surface area contributed by atoms with Crippen molar-refractivity contribution in [2.45, 2.75) is 12.6 Å². The van der Waals surface area contributed by atoms with Crippen LogP contribution in [0.2, 0.25) is 0 Å². The fraction of sp³-hybridized carbons (Fsp3) is 0.105. The number of nitrogens with one attached hydrogen (secondary N) is 1. The molecule has 0 saturated heterocycles. The number of carbonyl (C=O) groups excluding carboxylic acids is 1. The van der Waals surface area contributed by atoms with Crippen LogP contribution in [0.25, 0.3) is 6.08 Å². The first-order chi connectivity index (χ1) is 13.2. The summed E-state index contributed by atoms with van der Waals surface area (Å²) in [5.41, 5.74) is 0.963. The molecule has 28 heavy (non-hydrogen) atoms. The lowest BCUT2D eigenvalue weighted by Gasteiger charge is -2.06. The second-order valence-corrected chi connectivity index (χ2v) is 6.88. The summed E-state index contributed by atoms with van der Waals surface area (Å²) in [6.45, 7) is 0. The van der Waals surface area contributed by atoms with Gasteiger partial charge in [-0.2, -0.15) is 18.2 Å². The number of thioether (sulfide) groups is 1. The molecule has 0 radical (unpaired) electrons. The SMILES string of the molecule is O=C(O)Cc1ccc(NC2=NC(=O)/C(=C/c3ccc(C(F)(F)F)cc3)S2)cc1. The second-order valence-electron chi connectivity index (χ2n) is 5.84. The van der Waals surface area contributed by atoms with Crippen LogP contribution in [-0.4, -0.2) is 22.2 Å². The minimum absolute atomic E-state index is 0.0888. The Kier molecular flexibility index (Phi) is 5.55. The number of benzene rings is 2. The summed E-state index contributed by atoms with van der Waals surface area (Å²) < 4.78 is 37.8. The van der Waals surface area contributed by atoms with Crippen molar-refractivity contribution in [2.24, 2.45) is 4.99 Å². The number of rotatable bonds is 4. The highest BCUT2D eigenvalue weighted by atomic mass is 32.2. The van der Waals surface area contributed by atoms with Crippen LogP contribution in [0.3, 0.4) is 0 Å². The predicted molar refractivity (Wildman–Crippen MR) is 101 cm³/mol. The smallest absolute Gasteiger partial charge is 0.416 e. The van der Waals surface area contributed by atoms with Gasteiger partial charge in [0.2, 0.25) is 0 Å². The average molecular weight is 406 g/mol. The lowest BCUT2D eigenvalue weighted by atomic mass is 10.1. The molecule has 1 aliphatic rings. The molecule has 0 atom stereocenters. The number of carboxylic acids is 1. The van der Waals surface area contributed by atoms with Crippen LogP contribution in [0.1, 0.15) is 16.7 Å². The van der Waals surface area contributed by atoms with E-state index in [-0.39, 0.29) is 11.3 Å². The quantitative estimate of drug-likeness (QED) is 0.735. The van der Waals surface area contributed by atoms with Crippen molar-refractivity contribution >= 4 is 40.6 Å². The molecule has 2 N–H and O–H groups in total. The summed E-state index contributed by atoms with van der Waals surface area (Å²) in [5, 5.41) is 12.0. The van der Waals surface area contributed by atoms with Gasteiger partial charge in [0.15, 0.2) is 5.17 Å². The van der Waals surface area contributed by atoms with E-state index in [0.29, 0.717) is 22.0 Å². The number of hydrogen-bond acceptors (Lipinski definition) is 4. The molecule has 0 bridgehead atoms. The Balaban J connectivity index is 1.66. The molecule has 0 unspecified atom stereocenters. The van der Waals surface area contributed by atoms with Gasteiger partial charge in [-0.3, -0.25) is 9.59 Å². The second kappa shape index (κ2) is 7.89. The van der Waals surface area contributed by atoms with Crippen molar-refractivity contribution in [2.75, 3.05) is 5.32 Å². The maximum absolute atomic E-state index is 12.6. The maximum atomic E-state index is 12.6. The number of amidine groups is 1. The van der Waals surface area contributed by atoms with E-state index in [1.54, 1.807) is 24.3 Å². The molecule has 5 nitrogen and oxygen atoms in total. The fourth-order valence-electron chi connectivity index (χ4n) is 2.39. The lowest BCUT2D eigenvalue weighted by molar-refractivity contribution is -0.138. The maximum Gasteiger partial charge on any atom is 0.416 e. The molecule has 0 saturated carbocycles.